The summed E-state index contributed by atoms with van der Waals surface area (Å²) in [6, 6.07) is 14.8. The molecule has 0 spiro atoms. The lowest BCUT2D eigenvalue weighted by Crippen LogP contribution is -2.16. The van der Waals surface area contributed by atoms with Crippen LogP contribution in [0.25, 0.3) is 0 Å². The van der Waals surface area contributed by atoms with Gasteiger partial charge in [-0.3, -0.25) is 4.79 Å². The van der Waals surface area contributed by atoms with Gasteiger partial charge in [0.05, 0.1) is 6.54 Å². The van der Waals surface area contributed by atoms with Crippen LogP contribution in [0.15, 0.2) is 52.3 Å². The monoisotopic (exact) mass is 510 g/mol. The third kappa shape index (κ3) is 8.77. The lowest BCUT2D eigenvalue weighted by Gasteiger charge is -2.30. The Kier molecular flexibility index (Phi) is 13.9. The van der Waals surface area contributed by atoms with E-state index in [1.54, 1.807) is 7.05 Å². The first-order valence-corrected chi connectivity index (χ1v) is 14.7. The first-order chi connectivity index (χ1) is 17.6. The summed E-state index contributed by atoms with van der Waals surface area (Å²) in [6.07, 6.45) is 13.0. The molecule has 2 aliphatic rings. The standard InChI is InChI=1S/C26H33NOS.C3H7NO.C2H6/c1-2-6-18-11-13-19(14-12-18)7-5-9-21-22-8-3-4-10-24(22)29-25-16-15-20(26(27)28)17-23(21)25;1-4-2-3-5;1-2/h3-4,8,10,15-19,21H,2,5-7,9,11-14H2,1H3,(H2,27,28);3-4H,2H2,1H3;1-2H3. The molecule has 1 saturated carbocycles. The molecule has 1 heterocycles. The first kappa shape index (κ1) is 30.1. The molecule has 4 nitrogen and oxygen atoms in total. The molecule has 0 saturated heterocycles. The van der Waals surface area contributed by atoms with Gasteiger partial charge in [-0.1, -0.05) is 102 Å². The predicted molar refractivity (Wildman–Crippen MR) is 153 cm³/mol. The molecule has 4 rings (SSSR count). The summed E-state index contributed by atoms with van der Waals surface area (Å²) >= 11 is 1.82. The van der Waals surface area contributed by atoms with Crippen molar-refractivity contribution in [2.45, 2.75) is 94.3 Å². The van der Waals surface area contributed by atoms with E-state index >= 15 is 0 Å². The Bertz CT molecular complexity index is 938. The number of carbonyl (C=O) groups excluding carboxylic acids is 2. The topological polar surface area (TPSA) is 72.2 Å². The normalized spacial score (nSPS) is 19.9. The number of carbonyl (C=O) groups is 2. The van der Waals surface area contributed by atoms with Crippen molar-refractivity contribution in [2.24, 2.45) is 17.6 Å². The molecule has 1 atom stereocenters. The van der Waals surface area contributed by atoms with Crippen molar-refractivity contribution in [3.8, 4) is 0 Å². The van der Waals surface area contributed by atoms with E-state index in [-0.39, 0.29) is 5.91 Å². The summed E-state index contributed by atoms with van der Waals surface area (Å²) in [5.74, 6) is 1.93. The number of primary amides is 1. The van der Waals surface area contributed by atoms with E-state index in [9.17, 15) is 9.59 Å². The summed E-state index contributed by atoms with van der Waals surface area (Å²) < 4.78 is 0. The van der Waals surface area contributed by atoms with Crippen LogP contribution < -0.4 is 11.1 Å². The summed E-state index contributed by atoms with van der Waals surface area (Å²) in [6.45, 7) is 6.77. The van der Waals surface area contributed by atoms with E-state index in [1.807, 2.05) is 37.7 Å². The third-order valence-electron chi connectivity index (χ3n) is 7.24. The zero-order valence-electron chi connectivity index (χ0n) is 22.7. The van der Waals surface area contributed by atoms with Crippen LogP contribution in [0.3, 0.4) is 0 Å². The van der Waals surface area contributed by atoms with Gasteiger partial charge in [-0.05, 0) is 60.7 Å². The minimum atomic E-state index is -0.334. The molecule has 1 fully saturated rings. The maximum absolute atomic E-state index is 11.7. The lowest BCUT2D eigenvalue weighted by atomic mass is 9.77. The largest absolute Gasteiger partial charge is 0.366 e. The minimum Gasteiger partial charge on any atom is -0.366 e. The number of likely N-dealkylation sites (N-methyl/N-ethyl adjacent to an activating group) is 1. The molecule has 2 aromatic carbocycles. The van der Waals surface area contributed by atoms with E-state index in [2.05, 4.69) is 42.6 Å². The molecule has 0 bridgehead atoms. The van der Waals surface area contributed by atoms with Gasteiger partial charge in [0.15, 0.2) is 0 Å². The van der Waals surface area contributed by atoms with E-state index < -0.39 is 0 Å². The zero-order chi connectivity index (χ0) is 26.3. The van der Waals surface area contributed by atoms with Crippen molar-refractivity contribution < 1.29 is 9.59 Å². The lowest BCUT2D eigenvalue weighted by molar-refractivity contribution is -0.107. The summed E-state index contributed by atoms with van der Waals surface area (Å²) in [5.41, 5.74) is 8.90. The number of amides is 1. The number of hydrogen-bond donors (Lipinski definition) is 2. The quantitative estimate of drug-likeness (QED) is 0.341. The van der Waals surface area contributed by atoms with Crippen LogP contribution in [-0.4, -0.2) is 25.8 Å². The fraction of sp³-hybridized carbons (Fsp3) is 0.548. The van der Waals surface area contributed by atoms with E-state index in [4.69, 9.17) is 5.73 Å². The maximum Gasteiger partial charge on any atom is 0.248 e. The molecule has 198 valence electrons. The number of hydrogen-bond acceptors (Lipinski definition) is 4. The van der Waals surface area contributed by atoms with E-state index in [1.165, 1.54) is 72.3 Å². The second-order valence-corrected chi connectivity index (χ2v) is 10.7. The van der Waals surface area contributed by atoms with E-state index in [0.29, 0.717) is 18.0 Å². The highest BCUT2D eigenvalue weighted by Crippen LogP contribution is 2.48. The summed E-state index contributed by atoms with van der Waals surface area (Å²) in [4.78, 5) is 23.7. The average molecular weight is 511 g/mol. The predicted octanol–water partition coefficient (Wildman–Crippen LogP) is 7.59. The number of nitrogens with two attached hydrogens (primary N) is 1. The second kappa shape index (κ2) is 16.6. The molecule has 0 radical (unpaired) electrons. The minimum absolute atomic E-state index is 0.334. The molecule has 5 heteroatoms. The molecular weight excluding hydrogens is 464 g/mol. The highest BCUT2D eigenvalue weighted by atomic mass is 32.2. The van der Waals surface area contributed by atoms with E-state index in [0.717, 1.165) is 24.5 Å². The van der Waals surface area contributed by atoms with Crippen molar-refractivity contribution in [3.05, 3.63) is 59.2 Å². The van der Waals surface area contributed by atoms with Crippen LogP contribution in [-0.2, 0) is 4.79 Å². The van der Waals surface area contributed by atoms with Crippen molar-refractivity contribution in [2.75, 3.05) is 13.6 Å². The van der Waals surface area contributed by atoms with Gasteiger partial charge in [0, 0.05) is 21.3 Å². The Hall–Kier alpha value is -2.11. The van der Waals surface area contributed by atoms with Gasteiger partial charge in [0.2, 0.25) is 5.91 Å². The number of nitrogens with one attached hydrogen (secondary N) is 1. The number of fused-ring (bicyclic) bond motifs is 2. The maximum atomic E-state index is 11.7. The smallest absolute Gasteiger partial charge is 0.248 e. The third-order valence-corrected chi connectivity index (χ3v) is 8.42. The molecule has 1 unspecified atom stereocenters. The van der Waals surface area contributed by atoms with Crippen LogP contribution in [0.4, 0.5) is 0 Å². The Labute approximate surface area is 223 Å². The number of aldehydes is 1. The van der Waals surface area contributed by atoms with Gasteiger partial charge < -0.3 is 15.8 Å². The summed E-state index contributed by atoms with van der Waals surface area (Å²) in [7, 11) is 1.73. The number of rotatable bonds is 9. The SMILES string of the molecule is CC.CCCC1CCC(CCCC2c3ccccc3Sc3ccc(C(N)=O)cc32)CC1.CNCC=O. The van der Waals surface area contributed by atoms with Crippen LogP contribution in [0, 0.1) is 11.8 Å². The van der Waals surface area contributed by atoms with Gasteiger partial charge in [-0.2, -0.15) is 0 Å². The number of benzene rings is 2. The van der Waals surface area contributed by atoms with Crippen LogP contribution >= 0.6 is 11.8 Å². The summed E-state index contributed by atoms with van der Waals surface area (Å²) in [5, 5.41) is 2.65. The van der Waals surface area contributed by atoms with Gasteiger partial charge >= 0.3 is 0 Å². The Morgan fingerprint density at radius 1 is 0.972 bits per heavy atom. The van der Waals surface area contributed by atoms with Crippen LogP contribution in [0.1, 0.15) is 106 Å². The molecule has 0 aromatic heterocycles. The zero-order valence-corrected chi connectivity index (χ0v) is 23.5. The molecule has 36 heavy (non-hydrogen) atoms. The van der Waals surface area contributed by atoms with Crippen molar-refractivity contribution in [1.29, 1.82) is 0 Å². The highest BCUT2D eigenvalue weighted by Gasteiger charge is 2.27. The van der Waals surface area contributed by atoms with Crippen LogP contribution in [0.5, 0.6) is 0 Å². The molecule has 1 aliphatic heterocycles. The highest BCUT2D eigenvalue weighted by molar-refractivity contribution is 7.99. The molecule has 3 N–H and O–H groups in total. The van der Waals surface area contributed by atoms with Crippen molar-refractivity contribution >= 4 is 24.0 Å². The van der Waals surface area contributed by atoms with Gasteiger partial charge in [0.25, 0.3) is 0 Å². The Morgan fingerprint density at radius 3 is 2.19 bits per heavy atom. The fourth-order valence-corrected chi connectivity index (χ4v) is 6.60. The first-order valence-electron chi connectivity index (χ1n) is 13.9. The van der Waals surface area contributed by atoms with Gasteiger partial charge in [0.1, 0.15) is 6.29 Å². The average Bonchev–Trinajstić information content (AvgIpc) is 2.91. The molecular formula is C31H46N2O2S. The second-order valence-electron chi connectivity index (χ2n) is 9.64. The van der Waals surface area contributed by atoms with Gasteiger partial charge in [-0.15, -0.1) is 0 Å². The molecule has 1 aliphatic carbocycles. The van der Waals surface area contributed by atoms with Crippen molar-refractivity contribution in [3.63, 3.8) is 0 Å². The van der Waals surface area contributed by atoms with Gasteiger partial charge in [-0.25, -0.2) is 0 Å². The van der Waals surface area contributed by atoms with Crippen LogP contribution in [0.2, 0.25) is 0 Å². The fourth-order valence-electron chi connectivity index (χ4n) is 5.44. The molecule has 1 amide bonds. The van der Waals surface area contributed by atoms with Crippen molar-refractivity contribution in [1.82, 2.24) is 5.32 Å². The Balaban J connectivity index is 0.000000583. The Morgan fingerprint density at radius 2 is 1.61 bits per heavy atom. The molecule has 2 aromatic rings.